The van der Waals surface area contributed by atoms with Crippen molar-refractivity contribution in [1.29, 1.82) is 0 Å². The van der Waals surface area contributed by atoms with Gasteiger partial charge in [0.05, 0.1) is 11.3 Å². The SMILES string of the molecule is C=CC1=CN=CC(C)(C)N=C1C=C. The Balaban J connectivity index is 3.18. The van der Waals surface area contributed by atoms with Crippen LogP contribution in [0.2, 0.25) is 0 Å². The van der Waals surface area contributed by atoms with Gasteiger partial charge in [0.25, 0.3) is 0 Å². The van der Waals surface area contributed by atoms with Crippen LogP contribution in [0.1, 0.15) is 13.8 Å². The van der Waals surface area contributed by atoms with Gasteiger partial charge in [-0.1, -0.05) is 19.2 Å². The molecule has 0 atom stereocenters. The van der Waals surface area contributed by atoms with E-state index in [0.29, 0.717) is 0 Å². The Bertz CT molecular complexity index is 317. The molecule has 0 saturated heterocycles. The van der Waals surface area contributed by atoms with Crippen molar-refractivity contribution in [2.45, 2.75) is 19.4 Å². The second kappa shape index (κ2) is 3.52. The maximum absolute atomic E-state index is 4.49. The van der Waals surface area contributed by atoms with Crippen molar-refractivity contribution < 1.29 is 0 Å². The summed E-state index contributed by atoms with van der Waals surface area (Å²) in [5.74, 6) is 0. The summed E-state index contributed by atoms with van der Waals surface area (Å²) in [5, 5.41) is 0. The summed E-state index contributed by atoms with van der Waals surface area (Å²) in [7, 11) is 0. The highest BCUT2D eigenvalue weighted by molar-refractivity contribution is 6.11. The number of aliphatic imine (C=N–C) groups is 2. The fourth-order valence-electron chi connectivity index (χ4n) is 1.09. The molecule has 0 radical (unpaired) electrons. The van der Waals surface area contributed by atoms with Crippen LogP contribution in [0.3, 0.4) is 0 Å². The summed E-state index contributed by atoms with van der Waals surface area (Å²) in [6.45, 7) is 11.4. The van der Waals surface area contributed by atoms with Crippen molar-refractivity contribution in [1.82, 2.24) is 0 Å². The maximum atomic E-state index is 4.49. The van der Waals surface area contributed by atoms with E-state index in [0.717, 1.165) is 11.3 Å². The van der Waals surface area contributed by atoms with E-state index < -0.39 is 0 Å². The number of rotatable bonds is 2. The molecule has 0 aromatic rings. The van der Waals surface area contributed by atoms with Crippen molar-refractivity contribution >= 4 is 11.9 Å². The minimum Gasteiger partial charge on any atom is -0.273 e. The molecule has 0 unspecified atom stereocenters. The lowest BCUT2D eigenvalue weighted by molar-refractivity contribution is 0.720. The predicted octanol–water partition coefficient (Wildman–Crippen LogP) is 2.55. The molecule has 0 amide bonds. The summed E-state index contributed by atoms with van der Waals surface area (Å²) in [6.07, 6.45) is 7.03. The fraction of sp³-hybridized carbons (Fsp3) is 0.273. The Hall–Kier alpha value is -1.44. The summed E-state index contributed by atoms with van der Waals surface area (Å²) in [6, 6.07) is 0. The molecule has 0 aliphatic carbocycles. The monoisotopic (exact) mass is 174 g/mol. The average Bonchev–Trinajstić information content (AvgIpc) is 2.22. The molecule has 1 rings (SSSR count). The van der Waals surface area contributed by atoms with Gasteiger partial charge in [-0.05, 0) is 19.9 Å². The molecular weight excluding hydrogens is 160 g/mol. The molecule has 2 nitrogen and oxygen atoms in total. The highest BCUT2D eigenvalue weighted by Gasteiger charge is 2.16. The van der Waals surface area contributed by atoms with Gasteiger partial charge in [-0.15, -0.1) is 0 Å². The Labute approximate surface area is 79.1 Å². The zero-order chi connectivity index (χ0) is 9.90. The molecule has 0 aromatic heterocycles. The highest BCUT2D eigenvalue weighted by Crippen LogP contribution is 2.14. The topological polar surface area (TPSA) is 24.7 Å². The molecule has 1 heterocycles. The van der Waals surface area contributed by atoms with Crippen LogP contribution >= 0.6 is 0 Å². The number of allylic oxidation sites excluding steroid dienone is 3. The van der Waals surface area contributed by atoms with E-state index in [4.69, 9.17) is 0 Å². The normalized spacial score (nSPS) is 19.8. The Morgan fingerprint density at radius 2 is 2.00 bits per heavy atom. The molecule has 0 aromatic carbocycles. The minimum absolute atomic E-state index is 0.259. The van der Waals surface area contributed by atoms with Crippen LogP contribution < -0.4 is 0 Å². The molecule has 0 saturated carbocycles. The first-order chi connectivity index (χ1) is 6.09. The summed E-state index contributed by atoms with van der Waals surface area (Å²) in [4.78, 5) is 8.64. The van der Waals surface area contributed by atoms with E-state index in [1.165, 1.54) is 0 Å². The average molecular weight is 174 g/mol. The standard InChI is InChI=1S/C11H14N2/c1-5-9-7-12-8-11(3,4)13-10(9)6-2/h5-8H,1-2H2,3-4H3. The van der Waals surface area contributed by atoms with Gasteiger partial charge >= 0.3 is 0 Å². The van der Waals surface area contributed by atoms with Crippen LogP contribution in [-0.2, 0) is 0 Å². The molecule has 0 spiro atoms. The highest BCUT2D eigenvalue weighted by atomic mass is 14.9. The van der Waals surface area contributed by atoms with Gasteiger partial charge < -0.3 is 0 Å². The van der Waals surface area contributed by atoms with Crippen LogP contribution in [0, 0.1) is 0 Å². The Morgan fingerprint density at radius 1 is 1.31 bits per heavy atom. The summed E-state index contributed by atoms with van der Waals surface area (Å²) in [5.41, 5.74) is 1.50. The quantitative estimate of drug-likeness (QED) is 0.614. The Kier molecular flexibility index (Phi) is 2.61. The maximum Gasteiger partial charge on any atom is 0.0908 e. The van der Waals surface area contributed by atoms with E-state index >= 15 is 0 Å². The summed E-state index contributed by atoms with van der Waals surface area (Å²) < 4.78 is 0. The van der Waals surface area contributed by atoms with Gasteiger partial charge in [-0.3, -0.25) is 9.98 Å². The minimum atomic E-state index is -0.259. The van der Waals surface area contributed by atoms with Crippen LogP contribution in [0.15, 0.2) is 47.1 Å². The van der Waals surface area contributed by atoms with Gasteiger partial charge in [0.15, 0.2) is 0 Å². The van der Waals surface area contributed by atoms with Gasteiger partial charge in [0.2, 0.25) is 0 Å². The molecular formula is C11H14N2. The van der Waals surface area contributed by atoms with Crippen LogP contribution in [0.5, 0.6) is 0 Å². The largest absolute Gasteiger partial charge is 0.273 e. The van der Waals surface area contributed by atoms with Gasteiger partial charge in [-0.2, -0.15) is 0 Å². The zero-order valence-corrected chi connectivity index (χ0v) is 8.12. The molecule has 1 aliphatic heterocycles. The molecule has 0 N–H and O–H groups in total. The van der Waals surface area contributed by atoms with E-state index in [2.05, 4.69) is 23.1 Å². The van der Waals surface area contributed by atoms with Crippen molar-refractivity contribution in [3.8, 4) is 0 Å². The second-order valence-corrected chi connectivity index (χ2v) is 3.42. The zero-order valence-electron chi connectivity index (χ0n) is 8.12. The van der Waals surface area contributed by atoms with Crippen LogP contribution in [-0.4, -0.2) is 17.5 Å². The van der Waals surface area contributed by atoms with Crippen molar-refractivity contribution in [2.24, 2.45) is 9.98 Å². The number of hydrogen-bond acceptors (Lipinski definition) is 2. The van der Waals surface area contributed by atoms with Crippen LogP contribution in [0.25, 0.3) is 0 Å². The summed E-state index contributed by atoms with van der Waals surface area (Å²) >= 11 is 0. The third-order valence-corrected chi connectivity index (χ3v) is 1.72. The van der Waals surface area contributed by atoms with Crippen LogP contribution in [0.4, 0.5) is 0 Å². The molecule has 68 valence electrons. The lowest BCUT2D eigenvalue weighted by Crippen LogP contribution is -2.19. The number of nitrogens with zero attached hydrogens (tertiary/aromatic N) is 2. The lowest BCUT2D eigenvalue weighted by Gasteiger charge is -2.13. The first kappa shape index (κ1) is 9.65. The molecule has 0 fully saturated rings. The van der Waals surface area contributed by atoms with E-state index in [1.54, 1.807) is 18.4 Å². The van der Waals surface area contributed by atoms with Crippen molar-refractivity contribution in [3.63, 3.8) is 0 Å². The van der Waals surface area contributed by atoms with E-state index in [9.17, 15) is 0 Å². The fourth-order valence-corrected chi connectivity index (χ4v) is 1.09. The Morgan fingerprint density at radius 3 is 2.54 bits per heavy atom. The van der Waals surface area contributed by atoms with Crippen molar-refractivity contribution in [3.05, 3.63) is 37.1 Å². The third kappa shape index (κ3) is 2.25. The first-order valence-corrected chi connectivity index (χ1v) is 4.18. The second-order valence-electron chi connectivity index (χ2n) is 3.42. The van der Waals surface area contributed by atoms with Gasteiger partial charge in [-0.25, -0.2) is 0 Å². The first-order valence-electron chi connectivity index (χ1n) is 4.18. The predicted molar refractivity (Wildman–Crippen MR) is 58.5 cm³/mol. The number of hydrogen-bond donors (Lipinski definition) is 0. The van der Waals surface area contributed by atoms with E-state index in [1.807, 2.05) is 20.1 Å². The smallest absolute Gasteiger partial charge is 0.0908 e. The van der Waals surface area contributed by atoms with E-state index in [-0.39, 0.29) is 5.54 Å². The molecule has 0 bridgehead atoms. The molecule has 13 heavy (non-hydrogen) atoms. The van der Waals surface area contributed by atoms with Gasteiger partial charge in [0, 0.05) is 18.0 Å². The van der Waals surface area contributed by atoms with Crippen molar-refractivity contribution in [2.75, 3.05) is 0 Å². The van der Waals surface area contributed by atoms with Gasteiger partial charge in [0.1, 0.15) is 0 Å². The third-order valence-electron chi connectivity index (χ3n) is 1.72. The molecule has 1 aliphatic rings. The lowest BCUT2D eigenvalue weighted by atomic mass is 10.1. The molecule has 2 heteroatoms.